The second-order valence-electron chi connectivity index (χ2n) is 6.38. The van der Waals surface area contributed by atoms with Crippen LogP contribution in [0.5, 0.6) is 0 Å². The van der Waals surface area contributed by atoms with Crippen LogP contribution in [-0.4, -0.2) is 45.8 Å². The largest absolute Gasteiger partial charge is 0.417 e. The summed E-state index contributed by atoms with van der Waals surface area (Å²) >= 11 is 1.63. The molecule has 1 aliphatic rings. The fourth-order valence-electron chi connectivity index (χ4n) is 2.56. The zero-order chi connectivity index (χ0) is 23.3. The molecule has 1 N–H and O–H groups in total. The normalized spacial score (nSPS) is 15.5. The second kappa shape index (κ2) is 10.2. The predicted molar refractivity (Wildman–Crippen MR) is 112 cm³/mol. The monoisotopic (exact) mass is 485 g/mol. The van der Waals surface area contributed by atoms with Crippen molar-refractivity contribution in [1.29, 1.82) is 0 Å². The van der Waals surface area contributed by atoms with Gasteiger partial charge in [-0.2, -0.15) is 13.2 Å². The van der Waals surface area contributed by atoms with Crippen LogP contribution in [0.2, 0.25) is 0 Å². The Morgan fingerprint density at radius 1 is 1.19 bits per heavy atom. The third kappa shape index (κ3) is 6.10. The van der Waals surface area contributed by atoms with Gasteiger partial charge in [-0.1, -0.05) is 30.0 Å². The topological polar surface area (TPSA) is 79.4 Å². The highest BCUT2D eigenvalue weighted by molar-refractivity contribution is 8.18. The molecule has 2 heterocycles. The maximum absolute atomic E-state index is 13.8. The van der Waals surface area contributed by atoms with Gasteiger partial charge in [0.2, 0.25) is 5.91 Å². The Morgan fingerprint density at radius 3 is 2.59 bits per heavy atom. The number of amides is 3. The Bertz CT molecular complexity index is 1060. The number of benzene rings is 1. The van der Waals surface area contributed by atoms with E-state index < -0.39 is 34.6 Å². The summed E-state index contributed by atoms with van der Waals surface area (Å²) < 4.78 is 51.3. The highest BCUT2D eigenvalue weighted by atomic mass is 32.2. The minimum absolute atomic E-state index is 0.00908. The van der Waals surface area contributed by atoms with E-state index in [1.54, 1.807) is 6.07 Å². The van der Waals surface area contributed by atoms with E-state index >= 15 is 0 Å². The van der Waals surface area contributed by atoms with Crippen LogP contribution in [0.4, 0.5) is 22.4 Å². The maximum atomic E-state index is 13.8. The van der Waals surface area contributed by atoms with E-state index in [2.05, 4.69) is 10.3 Å². The molecule has 0 spiro atoms. The summed E-state index contributed by atoms with van der Waals surface area (Å²) in [4.78, 5) is 41.1. The van der Waals surface area contributed by atoms with E-state index in [4.69, 9.17) is 0 Å². The number of alkyl halides is 3. The van der Waals surface area contributed by atoms with E-state index in [9.17, 15) is 31.9 Å². The Kier molecular flexibility index (Phi) is 7.56. The molecule has 32 heavy (non-hydrogen) atoms. The first-order valence-corrected chi connectivity index (χ1v) is 10.9. The summed E-state index contributed by atoms with van der Waals surface area (Å²) in [6, 6.07) is 7.88. The molecule has 1 aromatic heterocycles. The summed E-state index contributed by atoms with van der Waals surface area (Å²) in [6.07, 6.45) is -2.50. The standard InChI is InChI=1S/C20H15F4N3O3S2/c21-14-4-2-1-3-12(14)9-15-18(29)27(19(30)32-15)8-7-25-16(28)11-31-17-6-5-13(10-26-17)20(22,23)24/h1-6,9-10H,7-8,11H2,(H,25,28)/b15-9-. The number of pyridine rings is 1. The van der Waals surface area contributed by atoms with Gasteiger partial charge in [-0.25, -0.2) is 9.37 Å². The molecule has 0 aliphatic carbocycles. The van der Waals surface area contributed by atoms with Gasteiger partial charge in [0.25, 0.3) is 11.1 Å². The summed E-state index contributed by atoms with van der Waals surface area (Å²) in [7, 11) is 0. The molecule has 6 nitrogen and oxygen atoms in total. The minimum atomic E-state index is -4.49. The molecule has 1 aromatic carbocycles. The smallest absolute Gasteiger partial charge is 0.354 e. The zero-order valence-corrected chi connectivity index (χ0v) is 17.8. The van der Waals surface area contributed by atoms with Crippen LogP contribution in [0.15, 0.2) is 52.5 Å². The van der Waals surface area contributed by atoms with Crippen LogP contribution < -0.4 is 5.32 Å². The molecule has 0 atom stereocenters. The van der Waals surface area contributed by atoms with Crippen LogP contribution in [0.3, 0.4) is 0 Å². The molecular weight excluding hydrogens is 470 g/mol. The number of rotatable bonds is 7. The van der Waals surface area contributed by atoms with Crippen molar-refractivity contribution in [2.75, 3.05) is 18.8 Å². The van der Waals surface area contributed by atoms with Crippen molar-refractivity contribution in [2.45, 2.75) is 11.2 Å². The highest BCUT2D eigenvalue weighted by Crippen LogP contribution is 2.32. The van der Waals surface area contributed by atoms with Gasteiger partial charge in [0.1, 0.15) is 5.82 Å². The molecule has 1 aliphatic heterocycles. The summed E-state index contributed by atoms with van der Waals surface area (Å²) in [6.45, 7) is -0.0843. The fourth-order valence-corrected chi connectivity index (χ4v) is 4.09. The molecule has 0 saturated carbocycles. The van der Waals surface area contributed by atoms with Crippen molar-refractivity contribution >= 4 is 46.7 Å². The molecule has 3 rings (SSSR count). The zero-order valence-electron chi connectivity index (χ0n) is 16.2. The lowest BCUT2D eigenvalue weighted by Crippen LogP contribution is -2.37. The summed E-state index contributed by atoms with van der Waals surface area (Å²) in [5, 5.41) is 2.24. The van der Waals surface area contributed by atoms with Gasteiger partial charge >= 0.3 is 6.18 Å². The average Bonchev–Trinajstić information content (AvgIpc) is 3.01. The van der Waals surface area contributed by atoms with Gasteiger partial charge in [0.15, 0.2) is 0 Å². The van der Waals surface area contributed by atoms with Gasteiger partial charge in [-0.05, 0) is 36.0 Å². The first kappa shape index (κ1) is 23.8. The van der Waals surface area contributed by atoms with Crippen LogP contribution in [0.1, 0.15) is 11.1 Å². The quantitative estimate of drug-likeness (QED) is 0.360. The SMILES string of the molecule is O=C(CSc1ccc(C(F)(F)F)cn1)NCCN1C(=O)S/C(=C\c2ccccc2F)C1=O. The van der Waals surface area contributed by atoms with Crippen LogP contribution in [-0.2, 0) is 15.8 Å². The van der Waals surface area contributed by atoms with Gasteiger partial charge in [-0.3, -0.25) is 19.3 Å². The Morgan fingerprint density at radius 2 is 1.94 bits per heavy atom. The molecule has 3 amide bonds. The van der Waals surface area contributed by atoms with Crippen molar-refractivity contribution in [3.05, 3.63) is 64.4 Å². The molecule has 0 bridgehead atoms. The number of nitrogens with one attached hydrogen (secondary N) is 1. The van der Waals surface area contributed by atoms with Crippen LogP contribution in [0.25, 0.3) is 6.08 Å². The molecule has 12 heteroatoms. The molecular formula is C20H15F4N3O3S2. The van der Waals surface area contributed by atoms with E-state index in [0.717, 1.165) is 22.7 Å². The van der Waals surface area contributed by atoms with Gasteiger partial charge < -0.3 is 5.32 Å². The molecule has 1 fully saturated rings. The molecule has 0 radical (unpaired) electrons. The van der Waals surface area contributed by atoms with Crippen LogP contribution in [0, 0.1) is 5.82 Å². The number of halogens is 4. The Balaban J connectivity index is 1.46. The third-order valence-corrected chi connectivity index (χ3v) is 5.99. The maximum Gasteiger partial charge on any atom is 0.417 e. The van der Waals surface area contributed by atoms with Gasteiger partial charge in [0, 0.05) is 24.8 Å². The summed E-state index contributed by atoms with van der Waals surface area (Å²) in [5.74, 6) is -1.65. The van der Waals surface area contributed by atoms with Crippen molar-refractivity contribution in [1.82, 2.24) is 15.2 Å². The lowest BCUT2D eigenvalue weighted by molar-refractivity contribution is -0.138. The minimum Gasteiger partial charge on any atom is -0.354 e. The molecule has 2 aromatic rings. The number of hydrogen-bond acceptors (Lipinski definition) is 6. The number of carbonyl (C=O) groups excluding carboxylic acids is 3. The number of aromatic nitrogens is 1. The van der Waals surface area contributed by atoms with Crippen molar-refractivity contribution in [3.63, 3.8) is 0 Å². The van der Waals surface area contributed by atoms with E-state index in [0.29, 0.717) is 18.0 Å². The van der Waals surface area contributed by atoms with Crippen LogP contribution >= 0.6 is 23.5 Å². The highest BCUT2D eigenvalue weighted by Gasteiger charge is 2.35. The number of thioether (sulfide) groups is 2. The van der Waals surface area contributed by atoms with Crippen molar-refractivity contribution in [3.8, 4) is 0 Å². The first-order chi connectivity index (χ1) is 15.1. The van der Waals surface area contributed by atoms with Crippen molar-refractivity contribution in [2.24, 2.45) is 0 Å². The summed E-state index contributed by atoms with van der Waals surface area (Å²) in [5.41, 5.74) is -0.701. The predicted octanol–water partition coefficient (Wildman–Crippen LogP) is 4.18. The molecule has 1 saturated heterocycles. The molecule has 0 unspecified atom stereocenters. The van der Waals surface area contributed by atoms with E-state index in [1.165, 1.54) is 30.3 Å². The molecule has 168 valence electrons. The van der Waals surface area contributed by atoms with Gasteiger partial charge in [-0.15, -0.1) is 0 Å². The number of imide groups is 1. The Hall–Kier alpha value is -2.86. The Labute approximate surface area is 188 Å². The number of hydrogen-bond donors (Lipinski definition) is 1. The van der Waals surface area contributed by atoms with Gasteiger partial charge in [0.05, 0.1) is 21.2 Å². The average molecular weight is 485 g/mol. The fraction of sp³-hybridized carbons (Fsp3) is 0.200. The van der Waals surface area contributed by atoms with E-state index in [1.807, 2.05) is 0 Å². The first-order valence-electron chi connectivity index (χ1n) is 9.08. The number of carbonyl (C=O) groups is 3. The van der Waals surface area contributed by atoms with E-state index in [-0.39, 0.29) is 34.3 Å². The lowest BCUT2D eigenvalue weighted by atomic mass is 10.2. The lowest BCUT2D eigenvalue weighted by Gasteiger charge is -2.13. The second-order valence-corrected chi connectivity index (χ2v) is 8.37. The third-order valence-electron chi connectivity index (χ3n) is 4.14. The number of nitrogens with zero attached hydrogens (tertiary/aromatic N) is 2. The van der Waals surface area contributed by atoms with Crippen molar-refractivity contribution < 1.29 is 31.9 Å².